The number of carbonyl (C=O) groups excluding carboxylic acids is 1. The van der Waals surface area contributed by atoms with Gasteiger partial charge in [0.25, 0.3) is 0 Å². The molecule has 1 amide bonds. The van der Waals surface area contributed by atoms with Crippen molar-refractivity contribution in [1.29, 1.82) is 0 Å². The molecule has 4 heteroatoms. The van der Waals surface area contributed by atoms with Gasteiger partial charge in [-0.2, -0.15) is 0 Å². The Hall–Kier alpha value is -0.610. The minimum atomic E-state index is 0.0322. The van der Waals surface area contributed by atoms with E-state index in [9.17, 15) is 4.79 Å². The lowest BCUT2D eigenvalue weighted by Crippen LogP contribution is -2.49. The van der Waals surface area contributed by atoms with Crippen molar-refractivity contribution >= 4 is 5.91 Å². The van der Waals surface area contributed by atoms with Crippen LogP contribution in [0.3, 0.4) is 0 Å². The van der Waals surface area contributed by atoms with Gasteiger partial charge in [-0.15, -0.1) is 0 Å². The van der Waals surface area contributed by atoms with Crippen molar-refractivity contribution in [3.8, 4) is 0 Å². The summed E-state index contributed by atoms with van der Waals surface area (Å²) in [5.74, 6) is 0.794. The molecule has 0 aromatic carbocycles. The lowest BCUT2D eigenvalue weighted by Gasteiger charge is -2.42. The Morgan fingerprint density at radius 2 is 2.18 bits per heavy atom. The second-order valence-electron chi connectivity index (χ2n) is 5.19. The molecule has 2 heterocycles. The summed E-state index contributed by atoms with van der Waals surface area (Å²) >= 11 is 0. The first-order chi connectivity index (χ1) is 8.18. The van der Waals surface area contributed by atoms with Crippen LogP contribution in [0, 0.1) is 5.92 Å². The Bertz CT molecular complexity index is 272. The van der Waals surface area contributed by atoms with Crippen LogP contribution in [0.5, 0.6) is 0 Å². The highest BCUT2D eigenvalue weighted by Gasteiger charge is 2.45. The number of hydrogen-bond donors (Lipinski definition) is 0. The van der Waals surface area contributed by atoms with Crippen LogP contribution in [-0.2, 0) is 14.3 Å². The highest BCUT2D eigenvalue weighted by molar-refractivity contribution is 5.73. The molecular weight excluding hydrogens is 218 g/mol. The zero-order valence-electron chi connectivity index (χ0n) is 10.9. The molecular formula is C13H23NO3. The van der Waals surface area contributed by atoms with E-state index in [4.69, 9.17) is 9.47 Å². The van der Waals surface area contributed by atoms with Crippen LogP contribution in [0.1, 0.15) is 32.6 Å². The van der Waals surface area contributed by atoms with Crippen molar-refractivity contribution in [3.63, 3.8) is 0 Å². The molecule has 1 atom stereocenters. The number of carbonyl (C=O) groups is 1. The van der Waals surface area contributed by atoms with Gasteiger partial charge in [-0.05, 0) is 31.6 Å². The molecule has 0 aromatic rings. The SMILES string of the molecule is COCC[C@H]1CCOC12CCN(C(C)=O)CC2. The zero-order valence-corrected chi connectivity index (χ0v) is 10.9. The number of methoxy groups -OCH3 is 1. The van der Waals surface area contributed by atoms with E-state index in [1.165, 1.54) is 0 Å². The number of likely N-dealkylation sites (tertiary alicyclic amines) is 1. The third kappa shape index (κ3) is 2.63. The molecule has 2 aliphatic rings. The Balaban J connectivity index is 1.93. The van der Waals surface area contributed by atoms with Gasteiger partial charge < -0.3 is 14.4 Å². The van der Waals surface area contributed by atoms with E-state index in [2.05, 4.69) is 0 Å². The average molecular weight is 241 g/mol. The zero-order chi connectivity index (χ0) is 12.3. The van der Waals surface area contributed by atoms with Crippen LogP contribution in [0.2, 0.25) is 0 Å². The Labute approximate surface area is 103 Å². The highest BCUT2D eigenvalue weighted by Crippen LogP contribution is 2.42. The third-order valence-corrected chi connectivity index (χ3v) is 4.33. The average Bonchev–Trinajstić information content (AvgIpc) is 2.70. The number of piperidine rings is 1. The molecule has 0 bridgehead atoms. The fourth-order valence-electron chi connectivity index (χ4n) is 3.21. The summed E-state index contributed by atoms with van der Waals surface area (Å²) in [6, 6.07) is 0. The Morgan fingerprint density at radius 3 is 2.76 bits per heavy atom. The molecule has 2 saturated heterocycles. The first kappa shape index (κ1) is 12.8. The van der Waals surface area contributed by atoms with Crippen LogP contribution in [0.15, 0.2) is 0 Å². The summed E-state index contributed by atoms with van der Waals surface area (Å²) in [6.45, 7) is 5.02. The predicted octanol–water partition coefficient (Wildman–Crippen LogP) is 1.44. The summed E-state index contributed by atoms with van der Waals surface area (Å²) in [7, 11) is 1.75. The molecule has 0 radical (unpaired) electrons. The van der Waals surface area contributed by atoms with Crippen LogP contribution in [-0.4, -0.2) is 49.8 Å². The number of hydrogen-bond acceptors (Lipinski definition) is 3. The number of nitrogens with zero attached hydrogens (tertiary/aromatic N) is 1. The minimum Gasteiger partial charge on any atom is -0.385 e. The standard InChI is InChI=1S/C13H23NO3/c1-11(15)14-7-5-13(6-8-14)12(3-9-16-2)4-10-17-13/h12H,3-10H2,1-2H3/t12-/m0/s1. The lowest BCUT2D eigenvalue weighted by atomic mass is 9.78. The molecule has 1 spiro atoms. The van der Waals surface area contributed by atoms with Gasteiger partial charge in [0.05, 0.1) is 5.60 Å². The summed E-state index contributed by atoms with van der Waals surface area (Å²) < 4.78 is 11.2. The van der Waals surface area contributed by atoms with Crippen LogP contribution >= 0.6 is 0 Å². The monoisotopic (exact) mass is 241 g/mol. The fraction of sp³-hybridized carbons (Fsp3) is 0.923. The van der Waals surface area contributed by atoms with Crippen molar-refractivity contribution in [2.24, 2.45) is 5.92 Å². The van der Waals surface area contributed by atoms with Crippen molar-refractivity contribution in [3.05, 3.63) is 0 Å². The minimum absolute atomic E-state index is 0.0322. The summed E-state index contributed by atoms with van der Waals surface area (Å²) in [5, 5.41) is 0. The lowest BCUT2D eigenvalue weighted by molar-refractivity contribution is -0.135. The maximum atomic E-state index is 11.3. The molecule has 0 saturated carbocycles. The van der Waals surface area contributed by atoms with Crippen molar-refractivity contribution in [2.75, 3.05) is 33.4 Å². The van der Waals surface area contributed by atoms with Crippen molar-refractivity contribution in [2.45, 2.75) is 38.2 Å². The maximum Gasteiger partial charge on any atom is 0.219 e. The van der Waals surface area contributed by atoms with Gasteiger partial charge in [0, 0.05) is 40.3 Å². The molecule has 98 valence electrons. The molecule has 17 heavy (non-hydrogen) atoms. The van der Waals surface area contributed by atoms with E-state index in [0.717, 1.165) is 52.0 Å². The first-order valence-electron chi connectivity index (χ1n) is 6.56. The Kier molecular flexibility index (Phi) is 4.05. The molecule has 0 unspecified atom stereocenters. The van der Waals surface area contributed by atoms with Crippen molar-refractivity contribution < 1.29 is 14.3 Å². The number of ether oxygens (including phenoxy) is 2. The molecule has 0 N–H and O–H groups in total. The molecule has 2 rings (SSSR count). The maximum absolute atomic E-state index is 11.3. The summed E-state index contributed by atoms with van der Waals surface area (Å²) in [5.41, 5.74) is 0.0322. The fourth-order valence-corrected chi connectivity index (χ4v) is 3.21. The third-order valence-electron chi connectivity index (χ3n) is 4.33. The molecule has 2 aliphatic heterocycles. The van der Waals surface area contributed by atoms with E-state index in [0.29, 0.717) is 5.92 Å². The first-order valence-corrected chi connectivity index (χ1v) is 6.56. The van der Waals surface area contributed by atoms with Crippen LogP contribution in [0.4, 0.5) is 0 Å². The molecule has 2 fully saturated rings. The van der Waals surface area contributed by atoms with Crippen molar-refractivity contribution in [1.82, 2.24) is 4.90 Å². The number of rotatable bonds is 3. The quantitative estimate of drug-likeness (QED) is 0.750. The summed E-state index contributed by atoms with van der Waals surface area (Å²) in [6.07, 6.45) is 4.20. The van der Waals surface area contributed by atoms with Crippen LogP contribution < -0.4 is 0 Å². The summed E-state index contributed by atoms with van der Waals surface area (Å²) in [4.78, 5) is 13.3. The second-order valence-corrected chi connectivity index (χ2v) is 5.19. The van der Waals surface area contributed by atoms with E-state index in [-0.39, 0.29) is 11.5 Å². The largest absolute Gasteiger partial charge is 0.385 e. The van der Waals surface area contributed by atoms with Gasteiger partial charge in [-0.3, -0.25) is 4.79 Å². The second kappa shape index (κ2) is 5.36. The van der Waals surface area contributed by atoms with E-state index in [1.807, 2.05) is 4.90 Å². The van der Waals surface area contributed by atoms with Gasteiger partial charge >= 0.3 is 0 Å². The van der Waals surface area contributed by atoms with Gasteiger partial charge in [0.2, 0.25) is 5.91 Å². The normalized spacial score (nSPS) is 27.6. The van der Waals surface area contributed by atoms with E-state index < -0.39 is 0 Å². The predicted molar refractivity (Wildman–Crippen MR) is 64.8 cm³/mol. The van der Waals surface area contributed by atoms with Gasteiger partial charge in [0.15, 0.2) is 0 Å². The van der Waals surface area contributed by atoms with Gasteiger partial charge in [0.1, 0.15) is 0 Å². The van der Waals surface area contributed by atoms with Gasteiger partial charge in [-0.1, -0.05) is 0 Å². The molecule has 4 nitrogen and oxygen atoms in total. The Morgan fingerprint density at radius 1 is 1.47 bits per heavy atom. The molecule has 0 aromatic heterocycles. The van der Waals surface area contributed by atoms with Gasteiger partial charge in [-0.25, -0.2) is 0 Å². The number of amides is 1. The smallest absolute Gasteiger partial charge is 0.219 e. The highest BCUT2D eigenvalue weighted by atomic mass is 16.5. The van der Waals surface area contributed by atoms with E-state index >= 15 is 0 Å². The van der Waals surface area contributed by atoms with E-state index in [1.54, 1.807) is 14.0 Å². The molecule has 0 aliphatic carbocycles. The topological polar surface area (TPSA) is 38.8 Å². The van der Waals surface area contributed by atoms with Crippen LogP contribution in [0.25, 0.3) is 0 Å².